The summed E-state index contributed by atoms with van der Waals surface area (Å²) in [7, 11) is 1.30. The lowest BCUT2D eigenvalue weighted by molar-refractivity contribution is -0.220. The highest BCUT2D eigenvalue weighted by atomic mass is 19.1. The van der Waals surface area contributed by atoms with Gasteiger partial charge in [-0.2, -0.15) is 0 Å². The molecule has 1 aromatic heterocycles. The topological polar surface area (TPSA) is 295 Å². The van der Waals surface area contributed by atoms with Gasteiger partial charge in [0.25, 0.3) is 0 Å². The average Bonchev–Trinajstić information content (AvgIpc) is 4.17. The lowest BCUT2D eigenvalue weighted by atomic mass is 9.44. The van der Waals surface area contributed by atoms with E-state index in [2.05, 4.69) is 5.32 Å². The maximum atomic E-state index is 17.5. The third-order valence-corrected chi connectivity index (χ3v) is 16.7. The summed E-state index contributed by atoms with van der Waals surface area (Å²) in [6, 6.07) is -1.60. The molecule has 2 heterocycles. The fourth-order valence-electron chi connectivity index (χ4n) is 12.8. The number of rotatable bonds is 16. The van der Waals surface area contributed by atoms with Gasteiger partial charge in [0.1, 0.15) is 22.9 Å². The summed E-state index contributed by atoms with van der Waals surface area (Å²) in [6.07, 6.45) is 2.75. The lowest BCUT2D eigenvalue weighted by Gasteiger charge is -2.62. The normalized spacial score (nSPS) is 30.5. The first-order valence-electron chi connectivity index (χ1n) is 24.6. The second kappa shape index (κ2) is 19.8. The molecule has 74 heavy (non-hydrogen) atoms. The van der Waals surface area contributed by atoms with E-state index in [9.17, 15) is 63.6 Å². The number of aromatic nitrogens is 1. The summed E-state index contributed by atoms with van der Waals surface area (Å²) in [6.45, 7) is 4.79. The van der Waals surface area contributed by atoms with Crippen LogP contribution in [0.25, 0.3) is 10.9 Å². The molecule has 4 unspecified atom stereocenters. The summed E-state index contributed by atoms with van der Waals surface area (Å²) in [4.78, 5) is 117. The molecule has 1 aromatic carbocycles. The number of fused-ring (bicyclic) bond motifs is 6. The van der Waals surface area contributed by atoms with E-state index in [0.717, 1.165) is 6.07 Å². The molecule has 23 heteroatoms. The van der Waals surface area contributed by atoms with Gasteiger partial charge in [0, 0.05) is 61.1 Å². The number of hydrogen-bond acceptors (Lipinski definition) is 16. The number of anilines is 1. The molecule has 0 bridgehead atoms. The van der Waals surface area contributed by atoms with Crippen LogP contribution in [0.2, 0.25) is 0 Å². The summed E-state index contributed by atoms with van der Waals surface area (Å²) in [5.41, 5.74) is -7.47. The van der Waals surface area contributed by atoms with Crippen molar-refractivity contribution in [1.82, 2.24) is 14.8 Å². The van der Waals surface area contributed by atoms with Gasteiger partial charge in [-0.05, 0) is 82.4 Å². The Morgan fingerprint density at radius 1 is 0.959 bits per heavy atom. The number of carboxylic acids is 2. The monoisotopic (exact) mass is 1040 g/mol. The fraction of sp³-hybridized carbons (Fsp3) is 0.588. The average molecular weight is 1040 g/mol. The van der Waals surface area contributed by atoms with Crippen molar-refractivity contribution in [2.24, 2.45) is 28.6 Å². The minimum absolute atomic E-state index is 0.00443. The molecule has 2 aromatic rings. The molecule has 8 rings (SSSR count). The number of esters is 2. The Labute approximate surface area is 422 Å². The maximum Gasteiger partial charge on any atom is 0.413 e. The van der Waals surface area contributed by atoms with E-state index in [1.165, 1.54) is 36.4 Å². The van der Waals surface area contributed by atoms with Crippen molar-refractivity contribution < 1.29 is 86.5 Å². The van der Waals surface area contributed by atoms with Crippen LogP contribution in [-0.2, 0) is 43.0 Å². The highest BCUT2D eigenvalue weighted by Gasteiger charge is 2.75. The van der Waals surface area contributed by atoms with Crippen LogP contribution in [0.4, 0.5) is 19.3 Å². The van der Waals surface area contributed by atoms with Crippen LogP contribution >= 0.6 is 0 Å². The number of nitrogens with zero attached hydrogens (tertiary/aromatic N) is 3. The van der Waals surface area contributed by atoms with Crippen LogP contribution < -0.4 is 20.4 Å². The van der Waals surface area contributed by atoms with Gasteiger partial charge in [0.05, 0.1) is 37.0 Å². The standard InChI is InChI=1S/C51H60F2N4O17/c1-25-16-33-32-9-6-27-17-29(58)12-13-48(27,3)50(32,53)36(59)20-49(33,4)51(25,70)37(60)23-72-39(62)11-10-38(61)54-35(46(67)68)19-40(63)73-24-74-47(69)56-15-14-55(21-26(56)2)42-34(52)18-30-41(44(42)71-5)57(28-7-8-28)22-31(43(30)64)45(65)66/h12-13,17-18,22,25-26,28,32-33,35-36,59,70H,6-11,14-16,19-21,23-24H2,1-5H3,(H,54,61)(H,65,66)(H,67,68)/t25-,26?,32?,33?,35?,36+,48+,49+,50+,51+/m1/s1. The van der Waals surface area contributed by atoms with Gasteiger partial charge in [0.2, 0.25) is 23.9 Å². The Morgan fingerprint density at radius 3 is 2.32 bits per heavy atom. The Kier molecular flexibility index (Phi) is 14.4. The number of nitrogens with one attached hydrogen (secondary N) is 1. The Balaban J connectivity index is 0.790. The van der Waals surface area contributed by atoms with Crippen LogP contribution in [0.5, 0.6) is 5.75 Å². The number of benzene rings is 1. The first kappa shape index (κ1) is 53.5. The van der Waals surface area contributed by atoms with Crippen molar-refractivity contribution >= 4 is 64.0 Å². The number of carbonyl (C=O) groups excluding carboxylic acids is 6. The van der Waals surface area contributed by atoms with Gasteiger partial charge in [-0.25, -0.2) is 23.2 Å². The molecule has 5 N–H and O–H groups in total. The maximum absolute atomic E-state index is 17.5. The second-order valence-electron chi connectivity index (χ2n) is 20.9. The first-order chi connectivity index (χ1) is 34.8. The van der Waals surface area contributed by atoms with E-state index in [1.807, 2.05) is 0 Å². The predicted molar refractivity (Wildman–Crippen MR) is 253 cm³/mol. The lowest BCUT2D eigenvalue weighted by Crippen LogP contribution is -2.69. The third-order valence-electron chi connectivity index (χ3n) is 16.7. The van der Waals surface area contributed by atoms with Gasteiger partial charge in [0.15, 0.2) is 29.6 Å². The van der Waals surface area contributed by atoms with Crippen LogP contribution in [0.1, 0.15) is 102 Å². The first-order valence-corrected chi connectivity index (χ1v) is 24.6. The quantitative estimate of drug-likeness (QED) is 0.119. The Hall–Kier alpha value is -6.75. The number of amides is 2. The smallest absolute Gasteiger partial charge is 0.413 e. The van der Waals surface area contributed by atoms with Gasteiger partial charge < -0.3 is 59.1 Å². The highest BCUT2D eigenvalue weighted by Crippen LogP contribution is 2.70. The van der Waals surface area contributed by atoms with Crippen molar-refractivity contribution in [2.45, 2.75) is 121 Å². The number of methoxy groups -OCH3 is 1. The van der Waals surface area contributed by atoms with E-state index in [4.69, 9.17) is 18.9 Å². The zero-order valence-corrected chi connectivity index (χ0v) is 41.5. The zero-order valence-electron chi connectivity index (χ0n) is 41.5. The SMILES string of the molecule is COc1c(N2CCN(C(=O)OCOC(=O)CC(NC(=O)CCC(=O)OCC(=O)[C@@]3(O)[C@H](C)CC4C5CCC6=CC(=O)C=C[C@]6(C)[C@@]5(F)[C@@H](O)C[C@@]43C)C(=O)O)C(C)C2)c(F)cc2c(=O)c(C(=O)O)cn(C3CC3)c12. The van der Waals surface area contributed by atoms with Crippen molar-refractivity contribution in [2.75, 3.05) is 45.0 Å². The largest absolute Gasteiger partial charge is 0.492 e. The van der Waals surface area contributed by atoms with Crippen molar-refractivity contribution in [3.63, 3.8) is 0 Å². The number of aliphatic carboxylic acids is 1. The number of aliphatic hydroxyl groups excluding tert-OH is 1. The molecule has 10 atom stereocenters. The number of carboxylic acid groups (broad SMARTS) is 2. The summed E-state index contributed by atoms with van der Waals surface area (Å²) in [5, 5.41) is 45.1. The number of aromatic carboxylic acids is 1. The van der Waals surface area contributed by atoms with Crippen LogP contribution in [-0.4, -0.2) is 147 Å². The minimum Gasteiger partial charge on any atom is -0.492 e. The molecule has 5 aliphatic carbocycles. The Bertz CT molecular complexity index is 2850. The molecular formula is C51H60F2N4O17. The number of Topliss-reactive ketones (excluding diaryl/α,β-unsaturated/α-hetero) is 1. The van der Waals surface area contributed by atoms with E-state index in [1.54, 1.807) is 37.2 Å². The van der Waals surface area contributed by atoms with E-state index in [0.29, 0.717) is 24.8 Å². The van der Waals surface area contributed by atoms with E-state index < -0.39 is 149 Å². The van der Waals surface area contributed by atoms with E-state index in [-0.39, 0.29) is 73.1 Å². The molecule has 1 aliphatic heterocycles. The highest BCUT2D eigenvalue weighted by molar-refractivity contribution is 6.01. The summed E-state index contributed by atoms with van der Waals surface area (Å²) in [5.74, 6) is -10.3. The number of ether oxygens (including phenoxy) is 4. The van der Waals surface area contributed by atoms with E-state index >= 15 is 8.78 Å². The molecule has 2 amide bonds. The number of pyridine rings is 1. The van der Waals surface area contributed by atoms with Gasteiger partial charge >= 0.3 is 30.0 Å². The number of carbonyl (C=O) groups is 8. The van der Waals surface area contributed by atoms with Gasteiger partial charge in [-0.3, -0.25) is 28.8 Å². The minimum atomic E-state index is -2.19. The molecule has 5 fully saturated rings. The number of ketones is 2. The third kappa shape index (κ3) is 8.97. The van der Waals surface area contributed by atoms with Crippen molar-refractivity contribution in [3.05, 3.63) is 57.7 Å². The Morgan fingerprint density at radius 2 is 1.68 bits per heavy atom. The summed E-state index contributed by atoms with van der Waals surface area (Å²) < 4.78 is 55.9. The number of aliphatic hydroxyl groups is 2. The molecular weight excluding hydrogens is 979 g/mol. The van der Waals surface area contributed by atoms with Gasteiger partial charge in [-0.1, -0.05) is 25.5 Å². The molecule has 0 radical (unpaired) electrons. The molecule has 0 spiro atoms. The summed E-state index contributed by atoms with van der Waals surface area (Å²) >= 11 is 0. The number of allylic oxidation sites excluding steroid dienone is 4. The molecule has 6 aliphatic rings. The number of hydrogen-bond donors (Lipinski definition) is 5. The molecule has 400 valence electrons. The molecule has 21 nitrogen and oxygen atoms in total. The second-order valence-corrected chi connectivity index (χ2v) is 20.9. The number of alkyl halides is 1. The van der Waals surface area contributed by atoms with Crippen molar-refractivity contribution in [3.8, 4) is 5.75 Å². The molecule has 1 saturated heterocycles. The van der Waals surface area contributed by atoms with Crippen LogP contribution in [0.3, 0.4) is 0 Å². The number of halogens is 2. The van der Waals surface area contributed by atoms with Crippen LogP contribution in [0.15, 0.2) is 40.9 Å². The van der Waals surface area contributed by atoms with Crippen LogP contribution in [0, 0.1) is 34.4 Å². The van der Waals surface area contributed by atoms with Gasteiger partial charge in [-0.15, -0.1) is 0 Å². The number of piperazine rings is 1. The zero-order chi connectivity index (χ0) is 54.0. The molecule has 4 saturated carbocycles. The fourth-order valence-corrected chi connectivity index (χ4v) is 12.8. The predicted octanol–water partition coefficient (Wildman–Crippen LogP) is 3.53. The van der Waals surface area contributed by atoms with Crippen molar-refractivity contribution in [1.29, 1.82) is 0 Å².